The monoisotopic (exact) mass is 468 g/mol. The third-order valence-electron chi connectivity index (χ3n) is 4.87. The molecule has 1 aliphatic rings. The van der Waals surface area contributed by atoms with E-state index in [4.69, 9.17) is 21.1 Å². The fourth-order valence-corrected chi connectivity index (χ4v) is 3.50. The van der Waals surface area contributed by atoms with E-state index in [0.717, 1.165) is 17.7 Å². The van der Waals surface area contributed by atoms with Gasteiger partial charge in [0.2, 0.25) is 0 Å². The Bertz CT molecular complexity index is 887. The topological polar surface area (TPSA) is 34.1 Å². The Morgan fingerprint density at radius 3 is 2.71 bits per heavy atom. The van der Waals surface area contributed by atoms with Gasteiger partial charge in [-0.2, -0.15) is 0 Å². The molecule has 0 atom stereocenters. The summed E-state index contributed by atoms with van der Waals surface area (Å²) in [5, 5.41) is 0.547. The lowest BCUT2D eigenvalue weighted by atomic mass is 9.88. The number of halogens is 3. The fraction of sp³-hybridized carbons (Fsp3) is 0.381. The van der Waals surface area contributed by atoms with Crippen LogP contribution in [0.25, 0.3) is 0 Å². The minimum Gasteiger partial charge on any atom is -0.375 e. The second-order valence-corrected chi connectivity index (χ2v) is 8.27. The van der Waals surface area contributed by atoms with E-state index in [1.807, 2.05) is 37.9 Å². The van der Waals surface area contributed by atoms with Crippen molar-refractivity contribution in [3.63, 3.8) is 0 Å². The van der Waals surface area contributed by atoms with Crippen molar-refractivity contribution < 1.29 is 13.9 Å². The molecule has 0 saturated carbocycles. The zero-order valence-electron chi connectivity index (χ0n) is 16.1. The van der Waals surface area contributed by atoms with Gasteiger partial charge in [-0.3, -0.25) is 0 Å². The molecule has 1 fully saturated rings. The first-order valence-electron chi connectivity index (χ1n) is 9.05. The number of benzene rings is 2. The number of ether oxygens (including phenoxy) is 2. The molecule has 0 amide bonds. The zero-order chi connectivity index (χ0) is 20.3. The molecule has 1 heterocycles. The standard InChI is InChI=1S/C21H23BrClFN2O2/c1-4-26(3)13-25-20-7-14(2)17(9-18(20)23)21(11-27-12-21)28-10-15-5-6-16(22)8-19(15)24/h5-9,13H,4,10-12H2,1-3H3. The first-order chi connectivity index (χ1) is 13.3. The second kappa shape index (κ2) is 8.91. The van der Waals surface area contributed by atoms with Gasteiger partial charge in [0.25, 0.3) is 0 Å². The summed E-state index contributed by atoms with van der Waals surface area (Å²) >= 11 is 9.75. The fourth-order valence-electron chi connectivity index (χ4n) is 2.96. The molecule has 0 aliphatic carbocycles. The molecule has 2 aromatic carbocycles. The van der Waals surface area contributed by atoms with E-state index in [1.165, 1.54) is 6.07 Å². The summed E-state index contributed by atoms with van der Waals surface area (Å²) in [6.07, 6.45) is 1.76. The summed E-state index contributed by atoms with van der Waals surface area (Å²) in [5.41, 5.74) is 2.54. The molecule has 3 rings (SSSR count). The van der Waals surface area contributed by atoms with Gasteiger partial charge in [-0.15, -0.1) is 0 Å². The van der Waals surface area contributed by atoms with Gasteiger partial charge in [-0.05, 0) is 49.2 Å². The largest absolute Gasteiger partial charge is 0.375 e. The predicted molar refractivity (Wildman–Crippen MR) is 114 cm³/mol. The van der Waals surface area contributed by atoms with Crippen LogP contribution in [0, 0.1) is 12.7 Å². The van der Waals surface area contributed by atoms with Crippen LogP contribution in [0.4, 0.5) is 10.1 Å². The quantitative estimate of drug-likeness (QED) is 0.391. The molecule has 1 saturated heterocycles. The van der Waals surface area contributed by atoms with Gasteiger partial charge >= 0.3 is 0 Å². The SMILES string of the molecule is CCN(C)C=Nc1cc(C)c(C2(OCc3ccc(Br)cc3F)COC2)cc1Cl. The van der Waals surface area contributed by atoms with Crippen LogP contribution < -0.4 is 0 Å². The number of hydrogen-bond acceptors (Lipinski definition) is 3. The normalized spacial score (nSPS) is 15.6. The van der Waals surface area contributed by atoms with Crippen LogP contribution in [-0.2, 0) is 21.7 Å². The Balaban J connectivity index is 1.83. The second-order valence-electron chi connectivity index (χ2n) is 6.95. The maximum atomic E-state index is 14.1. The Labute approximate surface area is 178 Å². The van der Waals surface area contributed by atoms with E-state index in [-0.39, 0.29) is 12.4 Å². The zero-order valence-corrected chi connectivity index (χ0v) is 18.5. The predicted octanol–water partition coefficient (Wildman–Crippen LogP) is 5.60. The van der Waals surface area contributed by atoms with Crippen molar-refractivity contribution in [1.29, 1.82) is 0 Å². The lowest BCUT2D eigenvalue weighted by Gasteiger charge is -2.42. The van der Waals surface area contributed by atoms with Gasteiger partial charge in [-0.25, -0.2) is 9.38 Å². The molecule has 0 spiro atoms. The minimum atomic E-state index is -0.629. The molecular formula is C21H23BrClFN2O2. The molecule has 1 aliphatic heterocycles. The first-order valence-corrected chi connectivity index (χ1v) is 10.2. The Hall–Kier alpha value is -1.47. The highest BCUT2D eigenvalue weighted by atomic mass is 79.9. The van der Waals surface area contributed by atoms with Crippen molar-refractivity contribution in [1.82, 2.24) is 4.90 Å². The maximum Gasteiger partial charge on any atom is 0.140 e. The third-order valence-corrected chi connectivity index (χ3v) is 5.66. The van der Waals surface area contributed by atoms with Crippen LogP contribution in [0.15, 0.2) is 39.8 Å². The van der Waals surface area contributed by atoms with E-state index < -0.39 is 5.60 Å². The molecule has 2 aromatic rings. The van der Waals surface area contributed by atoms with Crippen LogP contribution in [0.3, 0.4) is 0 Å². The molecule has 150 valence electrons. The van der Waals surface area contributed by atoms with Gasteiger partial charge in [0.1, 0.15) is 11.4 Å². The van der Waals surface area contributed by atoms with Crippen LogP contribution in [0.5, 0.6) is 0 Å². The summed E-state index contributed by atoms with van der Waals surface area (Å²) in [6, 6.07) is 8.78. The molecule has 4 nitrogen and oxygen atoms in total. The minimum absolute atomic E-state index is 0.154. The number of aliphatic imine (C=N–C) groups is 1. The number of rotatable bonds is 7. The van der Waals surface area contributed by atoms with E-state index in [0.29, 0.717) is 34.0 Å². The van der Waals surface area contributed by atoms with Gasteiger partial charge in [0.05, 0.1) is 36.9 Å². The van der Waals surface area contributed by atoms with Crippen molar-refractivity contribution in [3.05, 3.63) is 62.3 Å². The summed E-state index contributed by atoms with van der Waals surface area (Å²) < 4.78 is 26.4. The number of hydrogen-bond donors (Lipinski definition) is 0. The average molecular weight is 470 g/mol. The first kappa shape index (κ1) is 21.2. The van der Waals surface area contributed by atoms with Gasteiger partial charge in [0.15, 0.2) is 0 Å². The van der Waals surface area contributed by atoms with Gasteiger partial charge in [-0.1, -0.05) is 33.6 Å². The smallest absolute Gasteiger partial charge is 0.140 e. The van der Waals surface area contributed by atoms with Crippen LogP contribution in [0.2, 0.25) is 5.02 Å². The molecular weight excluding hydrogens is 447 g/mol. The Kier molecular flexibility index (Phi) is 6.76. The summed E-state index contributed by atoms with van der Waals surface area (Å²) in [5.74, 6) is -0.302. The lowest BCUT2D eigenvalue weighted by molar-refractivity contribution is -0.223. The van der Waals surface area contributed by atoms with Crippen LogP contribution in [-0.4, -0.2) is 38.0 Å². The molecule has 0 N–H and O–H groups in total. The van der Waals surface area contributed by atoms with Crippen molar-refractivity contribution in [3.8, 4) is 0 Å². The van der Waals surface area contributed by atoms with Crippen molar-refractivity contribution in [2.45, 2.75) is 26.1 Å². The van der Waals surface area contributed by atoms with E-state index in [2.05, 4.69) is 20.9 Å². The van der Waals surface area contributed by atoms with Gasteiger partial charge < -0.3 is 14.4 Å². The molecule has 0 radical (unpaired) electrons. The van der Waals surface area contributed by atoms with Crippen LogP contribution >= 0.6 is 27.5 Å². The summed E-state index contributed by atoms with van der Waals surface area (Å²) in [6.45, 7) is 5.87. The van der Waals surface area contributed by atoms with Crippen molar-refractivity contribution in [2.75, 3.05) is 26.8 Å². The van der Waals surface area contributed by atoms with E-state index in [9.17, 15) is 4.39 Å². The van der Waals surface area contributed by atoms with Crippen LogP contribution in [0.1, 0.15) is 23.6 Å². The third kappa shape index (κ3) is 4.57. The maximum absolute atomic E-state index is 14.1. The lowest BCUT2D eigenvalue weighted by Crippen LogP contribution is -2.49. The molecule has 28 heavy (non-hydrogen) atoms. The van der Waals surface area contributed by atoms with Crippen molar-refractivity contribution >= 4 is 39.6 Å². The Morgan fingerprint density at radius 2 is 2.11 bits per heavy atom. The highest BCUT2D eigenvalue weighted by Gasteiger charge is 2.43. The summed E-state index contributed by atoms with van der Waals surface area (Å²) in [7, 11) is 1.95. The van der Waals surface area contributed by atoms with E-state index in [1.54, 1.807) is 18.5 Å². The number of aryl methyl sites for hydroxylation is 1. The summed E-state index contributed by atoms with van der Waals surface area (Å²) in [4.78, 5) is 6.43. The average Bonchev–Trinajstić information content (AvgIpc) is 2.63. The molecule has 0 aromatic heterocycles. The Morgan fingerprint density at radius 1 is 1.36 bits per heavy atom. The molecule has 0 unspecified atom stereocenters. The van der Waals surface area contributed by atoms with Gasteiger partial charge in [0, 0.05) is 23.6 Å². The van der Waals surface area contributed by atoms with Crippen molar-refractivity contribution in [2.24, 2.45) is 4.99 Å². The molecule has 7 heteroatoms. The highest BCUT2D eigenvalue weighted by molar-refractivity contribution is 9.10. The van der Waals surface area contributed by atoms with E-state index >= 15 is 0 Å². The number of nitrogens with zero attached hydrogens (tertiary/aromatic N) is 2. The highest BCUT2D eigenvalue weighted by Crippen LogP contribution is 2.40. The molecule has 0 bridgehead atoms.